The number of nitrogens with zero attached hydrogens (tertiary/aromatic N) is 1. The maximum Gasteiger partial charge on any atom is 0.338 e. The fraction of sp³-hybridized carbons (Fsp3) is 0.211. The van der Waals surface area contributed by atoms with E-state index >= 15 is 0 Å². The monoisotopic (exact) mass is 293 g/mol. The molecule has 22 heavy (non-hydrogen) atoms. The SMILES string of the molecule is CCOC(=O)c1ccc2c(c1)c(C)cn2-c1ccc(C)cc1. The number of benzene rings is 2. The summed E-state index contributed by atoms with van der Waals surface area (Å²) in [5, 5.41) is 1.08. The first-order valence-electron chi connectivity index (χ1n) is 7.46. The van der Waals surface area contributed by atoms with Crippen molar-refractivity contribution < 1.29 is 9.53 Å². The quantitative estimate of drug-likeness (QED) is 0.669. The summed E-state index contributed by atoms with van der Waals surface area (Å²) < 4.78 is 7.23. The zero-order valence-corrected chi connectivity index (χ0v) is 13.1. The number of fused-ring (bicyclic) bond motifs is 1. The molecule has 2 aromatic carbocycles. The molecule has 0 bridgehead atoms. The topological polar surface area (TPSA) is 31.2 Å². The van der Waals surface area contributed by atoms with Gasteiger partial charge in [0.05, 0.1) is 17.7 Å². The lowest BCUT2D eigenvalue weighted by atomic mass is 10.1. The second-order valence-electron chi connectivity index (χ2n) is 5.47. The minimum atomic E-state index is -0.271. The smallest absolute Gasteiger partial charge is 0.338 e. The van der Waals surface area contributed by atoms with Gasteiger partial charge in [-0.1, -0.05) is 17.7 Å². The van der Waals surface area contributed by atoms with Gasteiger partial charge in [0.15, 0.2) is 0 Å². The number of ether oxygens (including phenoxy) is 1. The summed E-state index contributed by atoms with van der Waals surface area (Å²) in [6.07, 6.45) is 2.10. The van der Waals surface area contributed by atoms with E-state index in [0.29, 0.717) is 12.2 Å². The van der Waals surface area contributed by atoms with Gasteiger partial charge < -0.3 is 9.30 Å². The molecule has 1 aromatic heterocycles. The first-order valence-corrected chi connectivity index (χ1v) is 7.46. The molecule has 3 aromatic rings. The van der Waals surface area contributed by atoms with Crippen molar-refractivity contribution in [2.75, 3.05) is 6.61 Å². The summed E-state index contributed by atoms with van der Waals surface area (Å²) in [6.45, 7) is 6.34. The Balaban J connectivity index is 2.11. The van der Waals surface area contributed by atoms with E-state index in [1.165, 1.54) is 5.56 Å². The Morgan fingerprint density at radius 2 is 1.82 bits per heavy atom. The fourth-order valence-corrected chi connectivity index (χ4v) is 2.66. The summed E-state index contributed by atoms with van der Waals surface area (Å²) in [5.41, 5.74) is 5.18. The van der Waals surface area contributed by atoms with E-state index in [4.69, 9.17) is 4.74 Å². The Hall–Kier alpha value is -2.55. The van der Waals surface area contributed by atoms with Crippen LogP contribution in [0.5, 0.6) is 0 Å². The highest BCUT2D eigenvalue weighted by molar-refractivity contribution is 5.96. The van der Waals surface area contributed by atoms with Gasteiger partial charge in [0.25, 0.3) is 0 Å². The van der Waals surface area contributed by atoms with Gasteiger partial charge in [0.2, 0.25) is 0 Å². The van der Waals surface area contributed by atoms with Crippen LogP contribution in [-0.2, 0) is 4.74 Å². The van der Waals surface area contributed by atoms with Crippen LogP contribution in [0.4, 0.5) is 0 Å². The van der Waals surface area contributed by atoms with Crippen molar-refractivity contribution in [3.8, 4) is 5.69 Å². The predicted molar refractivity (Wildman–Crippen MR) is 88.7 cm³/mol. The molecule has 0 amide bonds. The fourth-order valence-electron chi connectivity index (χ4n) is 2.66. The van der Waals surface area contributed by atoms with Crippen LogP contribution in [0.3, 0.4) is 0 Å². The lowest BCUT2D eigenvalue weighted by Gasteiger charge is -2.07. The summed E-state index contributed by atoms with van der Waals surface area (Å²) in [7, 11) is 0. The first-order chi connectivity index (χ1) is 10.6. The van der Waals surface area contributed by atoms with E-state index in [1.54, 1.807) is 0 Å². The zero-order chi connectivity index (χ0) is 15.7. The van der Waals surface area contributed by atoms with Crippen LogP contribution in [0.2, 0.25) is 0 Å². The van der Waals surface area contributed by atoms with E-state index in [0.717, 1.165) is 22.2 Å². The third kappa shape index (κ3) is 2.50. The van der Waals surface area contributed by atoms with Crippen molar-refractivity contribution in [1.82, 2.24) is 4.57 Å². The first kappa shape index (κ1) is 14.4. The highest BCUT2D eigenvalue weighted by Gasteiger charge is 2.12. The molecule has 1 heterocycles. The van der Waals surface area contributed by atoms with Gasteiger partial charge >= 0.3 is 5.97 Å². The number of carbonyl (C=O) groups is 1. The minimum absolute atomic E-state index is 0.271. The van der Waals surface area contributed by atoms with E-state index < -0.39 is 0 Å². The summed E-state index contributed by atoms with van der Waals surface area (Å²) in [4.78, 5) is 11.9. The Kier molecular flexibility index (Phi) is 3.72. The number of aromatic nitrogens is 1. The molecule has 0 saturated carbocycles. The van der Waals surface area contributed by atoms with Gasteiger partial charge in [-0.15, -0.1) is 0 Å². The second kappa shape index (κ2) is 5.68. The molecule has 3 rings (SSSR count). The number of carbonyl (C=O) groups excluding carboxylic acids is 1. The Bertz CT molecular complexity index is 829. The van der Waals surface area contributed by atoms with Gasteiger partial charge in [0.1, 0.15) is 0 Å². The van der Waals surface area contributed by atoms with Gasteiger partial charge in [-0.25, -0.2) is 4.79 Å². The molecule has 0 fully saturated rings. The predicted octanol–water partition coefficient (Wildman–Crippen LogP) is 4.42. The molecule has 0 aliphatic rings. The van der Waals surface area contributed by atoms with Gasteiger partial charge in [-0.05, 0) is 56.7 Å². The van der Waals surface area contributed by atoms with Crippen molar-refractivity contribution in [1.29, 1.82) is 0 Å². The van der Waals surface area contributed by atoms with Gasteiger partial charge in [-0.2, -0.15) is 0 Å². The number of hydrogen-bond acceptors (Lipinski definition) is 2. The maximum atomic E-state index is 11.9. The van der Waals surface area contributed by atoms with Crippen LogP contribution in [0.15, 0.2) is 48.7 Å². The number of esters is 1. The van der Waals surface area contributed by atoms with Crippen LogP contribution in [0.1, 0.15) is 28.4 Å². The lowest BCUT2D eigenvalue weighted by molar-refractivity contribution is 0.0526. The van der Waals surface area contributed by atoms with E-state index in [9.17, 15) is 4.79 Å². The molecule has 112 valence electrons. The number of aryl methyl sites for hydroxylation is 2. The lowest BCUT2D eigenvalue weighted by Crippen LogP contribution is -2.04. The van der Waals surface area contributed by atoms with Crippen LogP contribution in [0, 0.1) is 13.8 Å². The molecule has 0 saturated heterocycles. The zero-order valence-electron chi connectivity index (χ0n) is 13.1. The van der Waals surface area contributed by atoms with E-state index in [-0.39, 0.29) is 5.97 Å². The van der Waals surface area contributed by atoms with Crippen LogP contribution >= 0.6 is 0 Å². The van der Waals surface area contributed by atoms with Crippen LogP contribution in [-0.4, -0.2) is 17.1 Å². The molecule has 0 atom stereocenters. The van der Waals surface area contributed by atoms with E-state index in [2.05, 4.69) is 48.9 Å². The Labute approximate surface area is 130 Å². The van der Waals surface area contributed by atoms with Crippen molar-refractivity contribution in [2.45, 2.75) is 20.8 Å². The molecule has 3 nitrogen and oxygen atoms in total. The third-order valence-electron chi connectivity index (χ3n) is 3.83. The highest BCUT2D eigenvalue weighted by atomic mass is 16.5. The highest BCUT2D eigenvalue weighted by Crippen LogP contribution is 2.26. The summed E-state index contributed by atoms with van der Waals surface area (Å²) in [5.74, 6) is -0.271. The van der Waals surface area contributed by atoms with Gasteiger partial charge in [-0.3, -0.25) is 0 Å². The molecule has 0 aliphatic carbocycles. The molecule has 3 heteroatoms. The van der Waals surface area contributed by atoms with Crippen molar-refractivity contribution >= 4 is 16.9 Å². The largest absolute Gasteiger partial charge is 0.462 e. The second-order valence-corrected chi connectivity index (χ2v) is 5.47. The Morgan fingerprint density at radius 3 is 2.50 bits per heavy atom. The Morgan fingerprint density at radius 1 is 1.09 bits per heavy atom. The number of rotatable bonds is 3. The molecule has 0 aliphatic heterocycles. The molecule has 0 unspecified atom stereocenters. The molecule has 0 N–H and O–H groups in total. The standard InChI is InChI=1S/C19H19NO2/c1-4-22-19(21)15-7-10-18-17(11-15)14(3)12-20(18)16-8-5-13(2)6-9-16/h5-12H,4H2,1-3H3. The normalized spacial score (nSPS) is 10.9. The molecular weight excluding hydrogens is 274 g/mol. The maximum absolute atomic E-state index is 11.9. The number of hydrogen-bond donors (Lipinski definition) is 0. The minimum Gasteiger partial charge on any atom is -0.462 e. The van der Waals surface area contributed by atoms with Crippen LogP contribution in [0.25, 0.3) is 16.6 Å². The van der Waals surface area contributed by atoms with Crippen molar-refractivity contribution in [3.63, 3.8) is 0 Å². The average molecular weight is 293 g/mol. The molecule has 0 radical (unpaired) electrons. The van der Waals surface area contributed by atoms with Crippen molar-refractivity contribution in [3.05, 3.63) is 65.4 Å². The molecule has 0 spiro atoms. The van der Waals surface area contributed by atoms with Crippen molar-refractivity contribution in [2.24, 2.45) is 0 Å². The third-order valence-corrected chi connectivity index (χ3v) is 3.83. The van der Waals surface area contributed by atoms with E-state index in [1.807, 2.05) is 25.1 Å². The average Bonchev–Trinajstić information content (AvgIpc) is 2.85. The van der Waals surface area contributed by atoms with Crippen LogP contribution < -0.4 is 0 Å². The summed E-state index contributed by atoms with van der Waals surface area (Å²) in [6, 6.07) is 14.1. The summed E-state index contributed by atoms with van der Waals surface area (Å²) >= 11 is 0. The molecular formula is C19H19NO2. The van der Waals surface area contributed by atoms with Gasteiger partial charge in [0, 0.05) is 17.3 Å².